The fraction of sp³-hybridized carbons (Fsp3) is 0.923. The lowest BCUT2D eigenvalue weighted by Gasteiger charge is -2.18. The average molecular weight is 221 g/mol. The van der Waals surface area contributed by atoms with E-state index in [-0.39, 0.29) is 6.04 Å². The van der Waals surface area contributed by atoms with E-state index in [1.54, 1.807) is 0 Å². The lowest BCUT2D eigenvalue weighted by molar-refractivity contribution is 0.300. The van der Waals surface area contributed by atoms with E-state index in [0.717, 1.165) is 24.8 Å². The highest BCUT2D eigenvalue weighted by Crippen LogP contribution is 2.37. The molecule has 0 aromatic heterocycles. The largest absolute Gasteiger partial charge is 0.306 e. The van der Waals surface area contributed by atoms with Crippen LogP contribution in [0, 0.1) is 23.2 Å². The summed E-state index contributed by atoms with van der Waals surface area (Å²) in [4.78, 5) is 2.38. The summed E-state index contributed by atoms with van der Waals surface area (Å²) in [5, 5.41) is 12.4. The number of hydrogen-bond acceptors (Lipinski definition) is 3. The van der Waals surface area contributed by atoms with Crippen molar-refractivity contribution in [3.05, 3.63) is 0 Å². The van der Waals surface area contributed by atoms with Gasteiger partial charge in [-0.05, 0) is 44.6 Å². The molecule has 16 heavy (non-hydrogen) atoms. The minimum atomic E-state index is 0.0616. The van der Waals surface area contributed by atoms with Crippen molar-refractivity contribution < 1.29 is 0 Å². The van der Waals surface area contributed by atoms with Crippen molar-refractivity contribution in [2.45, 2.75) is 44.7 Å². The van der Waals surface area contributed by atoms with E-state index in [4.69, 9.17) is 5.26 Å². The van der Waals surface area contributed by atoms with Gasteiger partial charge in [-0.3, -0.25) is 5.32 Å². The molecule has 0 aromatic carbocycles. The first-order valence-corrected chi connectivity index (χ1v) is 6.53. The number of nitrogens with zero attached hydrogens (tertiary/aromatic N) is 2. The summed E-state index contributed by atoms with van der Waals surface area (Å²) < 4.78 is 0. The predicted molar refractivity (Wildman–Crippen MR) is 64.9 cm³/mol. The standard InChI is InChI=1S/C13H23N3/c1-10-7-11(10)9-16(2)6-5-13(8-14)15-12-3-4-12/h10-13,15H,3-7,9H2,1-2H3. The quantitative estimate of drug-likeness (QED) is 0.710. The van der Waals surface area contributed by atoms with Crippen LogP contribution in [0.1, 0.15) is 32.6 Å². The summed E-state index contributed by atoms with van der Waals surface area (Å²) in [5.41, 5.74) is 0. The molecule has 2 rings (SSSR count). The molecule has 1 N–H and O–H groups in total. The van der Waals surface area contributed by atoms with Crippen LogP contribution < -0.4 is 5.32 Å². The molecule has 0 amide bonds. The molecule has 0 bridgehead atoms. The van der Waals surface area contributed by atoms with Gasteiger partial charge in [0.1, 0.15) is 0 Å². The second-order valence-corrected chi connectivity index (χ2v) is 5.65. The number of rotatable bonds is 7. The normalized spacial score (nSPS) is 30.1. The van der Waals surface area contributed by atoms with E-state index in [0.29, 0.717) is 6.04 Å². The van der Waals surface area contributed by atoms with Crippen LogP contribution in [0.15, 0.2) is 0 Å². The van der Waals surface area contributed by atoms with Gasteiger partial charge in [-0.2, -0.15) is 5.26 Å². The summed E-state index contributed by atoms with van der Waals surface area (Å²) in [6.45, 7) is 4.58. The van der Waals surface area contributed by atoms with E-state index >= 15 is 0 Å². The van der Waals surface area contributed by atoms with Gasteiger partial charge in [0.15, 0.2) is 0 Å². The topological polar surface area (TPSA) is 39.1 Å². The van der Waals surface area contributed by atoms with Gasteiger partial charge in [-0.25, -0.2) is 0 Å². The molecule has 2 aliphatic carbocycles. The Balaban J connectivity index is 1.58. The van der Waals surface area contributed by atoms with Gasteiger partial charge >= 0.3 is 0 Å². The average Bonchev–Trinajstić information content (AvgIpc) is 3.14. The molecule has 3 nitrogen and oxygen atoms in total. The second-order valence-electron chi connectivity index (χ2n) is 5.65. The van der Waals surface area contributed by atoms with Crippen molar-refractivity contribution in [3.8, 4) is 6.07 Å². The third-order valence-corrected chi connectivity index (χ3v) is 3.79. The summed E-state index contributed by atoms with van der Waals surface area (Å²) >= 11 is 0. The maximum Gasteiger partial charge on any atom is 0.0967 e. The summed E-state index contributed by atoms with van der Waals surface area (Å²) in [7, 11) is 2.18. The molecule has 0 aliphatic heterocycles. The Morgan fingerprint density at radius 2 is 2.19 bits per heavy atom. The lowest BCUT2D eigenvalue weighted by atomic mass is 10.2. The molecule has 90 valence electrons. The zero-order valence-corrected chi connectivity index (χ0v) is 10.4. The highest BCUT2D eigenvalue weighted by molar-refractivity contribution is 4.96. The Morgan fingerprint density at radius 1 is 1.50 bits per heavy atom. The van der Waals surface area contributed by atoms with Crippen molar-refractivity contribution in [2.75, 3.05) is 20.1 Å². The summed E-state index contributed by atoms with van der Waals surface area (Å²) in [6.07, 6.45) is 4.87. The van der Waals surface area contributed by atoms with E-state index < -0.39 is 0 Å². The first-order chi connectivity index (χ1) is 7.69. The van der Waals surface area contributed by atoms with Crippen LogP contribution >= 0.6 is 0 Å². The van der Waals surface area contributed by atoms with Crippen LogP contribution in [0.25, 0.3) is 0 Å². The van der Waals surface area contributed by atoms with Crippen molar-refractivity contribution in [3.63, 3.8) is 0 Å². The predicted octanol–water partition coefficient (Wildman–Crippen LogP) is 1.61. The highest BCUT2D eigenvalue weighted by atomic mass is 15.1. The van der Waals surface area contributed by atoms with Gasteiger partial charge in [0.05, 0.1) is 12.1 Å². The van der Waals surface area contributed by atoms with E-state index in [1.807, 2.05) is 0 Å². The molecule has 3 heteroatoms. The minimum absolute atomic E-state index is 0.0616. The van der Waals surface area contributed by atoms with E-state index in [1.165, 1.54) is 25.8 Å². The van der Waals surface area contributed by atoms with Gasteiger partial charge in [0.2, 0.25) is 0 Å². The van der Waals surface area contributed by atoms with Gasteiger partial charge in [-0.1, -0.05) is 6.92 Å². The van der Waals surface area contributed by atoms with Crippen molar-refractivity contribution >= 4 is 0 Å². The fourth-order valence-corrected chi connectivity index (χ4v) is 2.21. The maximum atomic E-state index is 9.02. The van der Waals surface area contributed by atoms with Crippen LogP contribution in [0.4, 0.5) is 0 Å². The Kier molecular flexibility index (Phi) is 3.83. The van der Waals surface area contributed by atoms with Crippen molar-refractivity contribution in [2.24, 2.45) is 11.8 Å². The zero-order chi connectivity index (χ0) is 11.5. The molecule has 0 spiro atoms. The Labute approximate surface area is 98.8 Å². The second kappa shape index (κ2) is 5.16. The minimum Gasteiger partial charge on any atom is -0.306 e. The molecule has 0 heterocycles. The summed E-state index contributed by atoms with van der Waals surface area (Å²) in [6, 6.07) is 3.07. The third kappa shape index (κ3) is 3.77. The molecule has 0 radical (unpaired) electrons. The Morgan fingerprint density at radius 3 is 2.69 bits per heavy atom. The monoisotopic (exact) mass is 221 g/mol. The molecule has 0 aromatic rings. The van der Waals surface area contributed by atoms with Gasteiger partial charge in [0, 0.05) is 19.1 Å². The van der Waals surface area contributed by atoms with Gasteiger partial charge < -0.3 is 4.90 Å². The van der Waals surface area contributed by atoms with Crippen LogP contribution in [0.5, 0.6) is 0 Å². The summed E-state index contributed by atoms with van der Waals surface area (Å²) in [5.74, 6) is 1.85. The van der Waals surface area contributed by atoms with Gasteiger partial charge in [-0.15, -0.1) is 0 Å². The molecule has 0 saturated heterocycles. The lowest BCUT2D eigenvalue weighted by Crippen LogP contribution is -2.34. The zero-order valence-electron chi connectivity index (χ0n) is 10.4. The fourth-order valence-electron chi connectivity index (χ4n) is 2.21. The Hall–Kier alpha value is -0.590. The molecule has 2 saturated carbocycles. The smallest absolute Gasteiger partial charge is 0.0967 e. The first-order valence-electron chi connectivity index (χ1n) is 6.53. The van der Waals surface area contributed by atoms with Crippen LogP contribution in [-0.4, -0.2) is 37.1 Å². The van der Waals surface area contributed by atoms with Crippen LogP contribution in [0.2, 0.25) is 0 Å². The van der Waals surface area contributed by atoms with Crippen molar-refractivity contribution in [1.82, 2.24) is 10.2 Å². The molecule has 2 aliphatic rings. The maximum absolute atomic E-state index is 9.02. The molecular formula is C13H23N3. The van der Waals surface area contributed by atoms with Crippen molar-refractivity contribution in [1.29, 1.82) is 5.26 Å². The molecule has 3 unspecified atom stereocenters. The third-order valence-electron chi connectivity index (χ3n) is 3.79. The van der Waals surface area contributed by atoms with Crippen LogP contribution in [0.3, 0.4) is 0 Å². The molecular weight excluding hydrogens is 198 g/mol. The van der Waals surface area contributed by atoms with Crippen LogP contribution in [-0.2, 0) is 0 Å². The number of nitriles is 1. The SMILES string of the molecule is CC1CC1CN(C)CCC(C#N)NC1CC1. The number of nitrogens with one attached hydrogen (secondary N) is 1. The van der Waals surface area contributed by atoms with E-state index in [2.05, 4.69) is 30.3 Å². The first kappa shape index (κ1) is 11.9. The molecule has 3 atom stereocenters. The van der Waals surface area contributed by atoms with E-state index in [9.17, 15) is 0 Å². The number of hydrogen-bond donors (Lipinski definition) is 1. The highest BCUT2D eigenvalue weighted by Gasteiger charge is 2.33. The van der Waals surface area contributed by atoms with Gasteiger partial charge in [0.25, 0.3) is 0 Å². The molecule has 2 fully saturated rings. The Bertz CT molecular complexity index is 267.